The van der Waals surface area contributed by atoms with Gasteiger partial charge in [0.05, 0.1) is 20.8 Å². The number of nitrogens with one attached hydrogen (secondary N) is 2. The van der Waals surface area contributed by atoms with Gasteiger partial charge in [-0.25, -0.2) is 0 Å². The number of para-hydroxylation sites is 1. The minimum atomic E-state index is -0.487. The third kappa shape index (κ3) is 5.50. The van der Waals surface area contributed by atoms with Crippen LogP contribution in [-0.4, -0.2) is 32.6 Å². The zero-order valence-electron chi connectivity index (χ0n) is 15.4. The van der Waals surface area contributed by atoms with Crippen LogP contribution in [0.3, 0.4) is 0 Å². The van der Waals surface area contributed by atoms with Gasteiger partial charge in [-0.2, -0.15) is 0 Å². The van der Waals surface area contributed by atoms with Gasteiger partial charge in [-0.15, -0.1) is 0 Å². The van der Waals surface area contributed by atoms with Crippen molar-refractivity contribution in [2.24, 2.45) is 0 Å². The fourth-order valence-corrected chi connectivity index (χ4v) is 2.31. The van der Waals surface area contributed by atoms with E-state index in [2.05, 4.69) is 10.9 Å². The molecule has 0 spiro atoms. The number of carbonyl (C=O) groups is 2. The molecule has 2 amide bonds. The Labute approximate surface area is 157 Å². The second-order valence-electron chi connectivity index (χ2n) is 5.32. The van der Waals surface area contributed by atoms with E-state index in [0.717, 1.165) is 0 Å². The van der Waals surface area contributed by atoms with Crippen molar-refractivity contribution in [1.29, 1.82) is 0 Å². The number of hydrogen-bond acceptors (Lipinski definition) is 5. The van der Waals surface area contributed by atoms with Gasteiger partial charge in [0, 0.05) is 17.2 Å². The van der Waals surface area contributed by atoms with Crippen LogP contribution in [0.1, 0.15) is 22.8 Å². The number of carbonyl (C=O) groups excluding carboxylic acids is 2. The highest BCUT2D eigenvalue weighted by Crippen LogP contribution is 2.31. The van der Waals surface area contributed by atoms with Crippen LogP contribution in [0.5, 0.6) is 17.2 Å². The Morgan fingerprint density at radius 1 is 1.00 bits per heavy atom. The smallest absolute Gasteiger partial charge is 0.269 e. The summed E-state index contributed by atoms with van der Waals surface area (Å²) in [5, 5.41) is 0. The molecule has 0 radical (unpaired) electrons. The van der Waals surface area contributed by atoms with E-state index in [1.54, 1.807) is 48.5 Å². The topological polar surface area (TPSA) is 85.9 Å². The Hall–Kier alpha value is -3.48. The summed E-state index contributed by atoms with van der Waals surface area (Å²) in [6.45, 7) is 2.43. The molecule has 0 atom stereocenters. The highest BCUT2D eigenvalue weighted by Gasteiger charge is 2.08. The lowest BCUT2D eigenvalue weighted by Gasteiger charge is -2.10. The lowest BCUT2D eigenvalue weighted by atomic mass is 10.1. The molecule has 0 aliphatic carbocycles. The predicted molar refractivity (Wildman–Crippen MR) is 102 cm³/mol. The molecule has 0 saturated heterocycles. The molecule has 7 heteroatoms. The fourth-order valence-electron chi connectivity index (χ4n) is 2.31. The van der Waals surface area contributed by atoms with Crippen molar-refractivity contribution in [3.8, 4) is 17.2 Å². The van der Waals surface area contributed by atoms with E-state index >= 15 is 0 Å². The lowest BCUT2D eigenvalue weighted by molar-refractivity contribution is -0.117. The van der Waals surface area contributed by atoms with Gasteiger partial charge in [0.25, 0.3) is 11.8 Å². The number of hydrogen-bond donors (Lipinski definition) is 2. The van der Waals surface area contributed by atoms with Crippen LogP contribution >= 0.6 is 0 Å². The number of benzene rings is 2. The largest absolute Gasteiger partial charge is 0.494 e. The van der Waals surface area contributed by atoms with Crippen LogP contribution in [0.15, 0.2) is 48.5 Å². The molecule has 27 heavy (non-hydrogen) atoms. The van der Waals surface area contributed by atoms with E-state index in [1.165, 1.54) is 20.3 Å². The second kappa shape index (κ2) is 9.86. The monoisotopic (exact) mass is 370 g/mol. The van der Waals surface area contributed by atoms with Crippen molar-refractivity contribution in [2.45, 2.75) is 6.92 Å². The van der Waals surface area contributed by atoms with Crippen LogP contribution in [0.4, 0.5) is 0 Å². The first-order chi connectivity index (χ1) is 13.1. The van der Waals surface area contributed by atoms with Crippen molar-refractivity contribution in [1.82, 2.24) is 10.9 Å². The maximum absolute atomic E-state index is 12.0. The quantitative estimate of drug-likeness (QED) is 0.578. The molecule has 7 nitrogen and oxygen atoms in total. The number of rotatable bonds is 7. The van der Waals surface area contributed by atoms with Gasteiger partial charge in [0.1, 0.15) is 5.75 Å². The van der Waals surface area contributed by atoms with Crippen molar-refractivity contribution >= 4 is 17.9 Å². The molecule has 0 aliphatic heterocycles. The van der Waals surface area contributed by atoms with E-state index < -0.39 is 11.8 Å². The van der Waals surface area contributed by atoms with E-state index in [4.69, 9.17) is 14.2 Å². The SMILES string of the molecule is CCOc1ccc(C(=O)NNC(=O)/C=C/c2cccc(OC)c2OC)cc1. The van der Waals surface area contributed by atoms with Gasteiger partial charge in [-0.1, -0.05) is 12.1 Å². The van der Waals surface area contributed by atoms with Gasteiger partial charge < -0.3 is 14.2 Å². The Balaban J connectivity index is 1.94. The van der Waals surface area contributed by atoms with Crippen LogP contribution in [0.25, 0.3) is 6.08 Å². The Morgan fingerprint density at radius 3 is 2.37 bits per heavy atom. The standard InChI is InChI=1S/C20H22N2O5/c1-4-27-16-11-8-15(9-12-16)20(24)22-21-18(23)13-10-14-6-5-7-17(25-2)19(14)26-3/h5-13H,4H2,1-3H3,(H,21,23)(H,22,24)/b13-10+. The lowest BCUT2D eigenvalue weighted by Crippen LogP contribution is -2.40. The average molecular weight is 370 g/mol. The summed E-state index contributed by atoms with van der Waals surface area (Å²) >= 11 is 0. The number of ether oxygens (including phenoxy) is 3. The molecule has 2 N–H and O–H groups in total. The maximum atomic E-state index is 12.0. The zero-order valence-corrected chi connectivity index (χ0v) is 15.4. The zero-order chi connectivity index (χ0) is 19.6. The molecule has 2 rings (SSSR count). The number of amides is 2. The first-order valence-electron chi connectivity index (χ1n) is 8.31. The Morgan fingerprint density at radius 2 is 1.74 bits per heavy atom. The summed E-state index contributed by atoms with van der Waals surface area (Å²) < 4.78 is 15.8. The summed E-state index contributed by atoms with van der Waals surface area (Å²) in [5.74, 6) is 0.831. The fraction of sp³-hybridized carbons (Fsp3) is 0.200. The van der Waals surface area contributed by atoms with Gasteiger partial charge in [-0.05, 0) is 43.3 Å². The second-order valence-corrected chi connectivity index (χ2v) is 5.32. The Kier molecular flexibility index (Phi) is 7.25. The van der Waals surface area contributed by atoms with Crippen molar-refractivity contribution in [3.63, 3.8) is 0 Å². The minimum Gasteiger partial charge on any atom is -0.494 e. The summed E-state index contributed by atoms with van der Waals surface area (Å²) in [4.78, 5) is 24.0. The van der Waals surface area contributed by atoms with Gasteiger partial charge in [0.15, 0.2) is 11.5 Å². The molecular weight excluding hydrogens is 348 g/mol. The summed E-state index contributed by atoms with van der Waals surface area (Å²) in [6, 6.07) is 11.9. The molecule has 0 saturated carbocycles. The molecule has 142 valence electrons. The van der Waals surface area contributed by atoms with Gasteiger partial charge in [-0.3, -0.25) is 20.4 Å². The van der Waals surface area contributed by atoms with Crippen molar-refractivity contribution in [3.05, 3.63) is 59.7 Å². The highest BCUT2D eigenvalue weighted by atomic mass is 16.5. The normalized spacial score (nSPS) is 10.3. The molecule has 0 bridgehead atoms. The molecule has 0 heterocycles. The van der Waals surface area contributed by atoms with Crippen molar-refractivity contribution in [2.75, 3.05) is 20.8 Å². The van der Waals surface area contributed by atoms with Crippen molar-refractivity contribution < 1.29 is 23.8 Å². The maximum Gasteiger partial charge on any atom is 0.269 e. The van der Waals surface area contributed by atoms with Crippen LogP contribution in [0, 0.1) is 0 Å². The van der Waals surface area contributed by atoms with E-state index in [0.29, 0.717) is 35.0 Å². The third-order valence-corrected chi connectivity index (χ3v) is 3.57. The first kappa shape index (κ1) is 19.8. The molecule has 2 aromatic rings. The molecule has 2 aromatic carbocycles. The number of methoxy groups -OCH3 is 2. The predicted octanol–water partition coefficient (Wildman–Crippen LogP) is 2.58. The van der Waals surface area contributed by atoms with E-state index in [9.17, 15) is 9.59 Å². The van der Waals surface area contributed by atoms with E-state index in [1.807, 2.05) is 6.92 Å². The first-order valence-corrected chi connectivity index (χ1v) is 8.31. The third-order valence-electron chi connectivity index (χ3n) is 3.57. The Bertz CT molecular complexity index is 816. The van der Waals surface area contributed by atoms with Gasteiger partial charge in [0.2, 0.25) is 0 Å². The minimum absolute atomic E-state index is 0.400. The van der Waals surface area contributed by atoms with Gasteiger partial charge >= 0.3 is 0 Å². The molecule has 0 fully saturated rings. The number of hydrazine groups is 1. The average Bonchev–Trinajstić information content (AvgIpc) is 2.70. The molecular formula is C20H22N2O5. The molecule has 0 aromatic heterocycles. The molecule has 0 aliphatic rings. The summed E-state index contributed by atoms with van der Waals surface area (Å²) in [7, 11) is 3.06. The summed E-state index contributed by atoms with van der Waals surface area (Å²) in [5.41, 5.74) is 5.75. The van der Waals surface area contributed by atoms with E-state index in [-0.39, 0.29) is 0 Å². The summed E-state index contributed by atoms with van der Waals surface area (Å²) in [6.07, 6.45) is 2.86. The van der Waals surface area contributed by atoms with Crippen LogP contribution in [-0.2, 0) is 4.79 Å². The van der Waals surface area contributed by atoms with Crippen LogP contribution < -0.4 is 25.1 Å². The highest BCUT2D eigenvalue weighted by molar-refractivity contribution is 5.98. The van der Waals surface area contributed by atoms with Crippen LogP contribution in [0.2, 0.25) is 0 Å². The molecule has 0 unspecified atom stereocenters.